The van der Waals surface area contributed by atoms with Gasteiger partial charge in [-0.2, -0.15) is 0 Å². The molecule has 0 N–H and O–H groups in total. The Hall–Kier alpha value is -0.900. The topological polar surface area (TPSA) is 29.5 Å². The average molecular weight is 296 g/mol. The summed E-state index contributed by atoms with van der Waals surface area (Å²) in [6.45, 7) is 6.50. The number of Topliss-reactive ketones (excluding diaryl/α,β-unsaturated/α-hetero) is 1. The molecule has 0 amide bonds. The van der Waals surface area contributed by atoms with Crippen LogP contribution in [0.25, 0.3) is 0 Å². The third-order valence-corrected chi connectivity index (χ3v) is 4.13. The predicted octanol–water partition coefficient (Wildman–Crippen LogP) is 2.98. The molecular weight excluding hydrogens is 274 g/mol. The molecule has 0 aliphatic carbocycles. The molecule has 0 bridgehead atoms. The second-order valence-electron chi connectivity index (χ2n) is 5.74. The lowest BCUT2D eigenvalue weighted by molar-refractivity contribution is -0.124. The SMILES string of the molecule is COC1CN(C[C@H](C(=O)C(C)C)c2ccc(Cl)cc2)C1. The Labute approximate surface area is 125 Å². The zero-order valence-electron chi connectivity index (χ0n) is 12.3. The molecule has 0 spiro atoms. The second kappa shape index (κ2) is 6.70. The van der Waals surface area contributed by atoms with Crippen molar-refractivity contribution >= 4 is 17.4 Å². The highest BCUT2D eigenvalue weighted by Crippen LogP contribution is 2.25. The number of methoxy groups -OCH3 is 1. The van der Waals surface area contributed by atoms with Gasteiger partial charge in [0, 0.05) is 37.7 Å². The van der Waals surface area contributed by atoms with E-state index in [0.29, 0.717) is 11.1 Å². The minimum absolute atomic E-state index is 0.0372. The van der Waals surface area contributed by atoms with E-state index in [-0.39, 0.29) is 17.6 Å². The van der Waals surface area contributed by atoms with E-state index in [2.05, 4.69) is 4.90 Å². The molecular formula is C16H22ClNO2. The maximum absolute atomic E-state index is 12.5. The standard InChI is InChI=1S/C16H22ClNO2/c1-11(2)16(19)15(10-18-8-14(9-18)20-3)12-4-6-13(17)7-5-12/h4-7,11,14-15H,8-10H2,1-3H3/t15-/m0/s1. The maximum Gasteiger partial charge on any atom is 0.144 e. The number of nitrogens with zero attached hydrogens (tertiary/aromatic N) is 1. The van der Waals surface area contributed by atoms with Gasteiger partial charge in [0.1, 0.15) is 5.78 Å². The first-order valence-electron chi connectivity index (χ1n) is 7.05. The van der Waals surface area contributed by atoms with Gasteiger partial charge in [-0.3, -0.25) is 9.69 Å². The van der Waals surface area contributed by atoms with Gasteiger partial charge in [0.05, 0.1) is 12.0 Å². The van der Waals surface area contributed by atoms with E-state index < -0.39 is 0 Å². The van der Waals surface area contributed by atoms with Crippen LogP contribution in [0, 0.1) is 5.92 Å². The van der Waals surface area contributed by atoms with Crippen LogP contribution < -0.4 is 0 Å². The van der Waals surface area contributed by atoms with Crippen LogP contribution in [0.3, 0.4) is 0 Å². The lowest BCUT2D eigenvalue weighted by Gasteiger charge is -2.40. The smallest absolute Gasteiger partial charge is 0.144 e. The molecule has 1 atom stereocenters. The quantitative estimate of drug-likeness (QED) is 0.808. The fourth-order valence-electron chi connectivity index (χ4n) is 2.54. The Morgan fingerprint density at radius 1 is 1.35 bits per heavy atom. The van der Waals surface area contributed by atoms with Crippen molar-refractivity contribution < 1.29 is 9.53 Å². The van der Waals surface area contributed by atoms with Gasteiger partial charge in [0.15, 0.2) is 0 Å². The summed E-state index contributed by atoms with van der Waals surface area (Å²) in [4.78, 5) is 14.7. The molecule has 3 nitrogen and oxygen atoms in total. The van der Waals surface area contributed by atoms with Crippen LogP contribution >= 0.6 is 11.6 Å². The highest BCUT2D eigenvalue weighted by molar-refractivity contribution is 6.30. The number of benzene rings is 1. The predicted molar refractivity (Wildman–Crippen MR) is 81.3 cm³/mol. The minimum atomic E-state index is -0.0786. The molecule has 0 radical (unpaired) electrons. The van der Waals surface area contributed by atoms with E-state index in [1.807, 2.05) is 38.1 Å². The van der Waals surface area contributed by atoms with Crippen molar-refractivity contribution in [2.24, 2.45) is 5.92 Å². The lowest BCUT2D eigenvalue weighted by Crippen LogP contribution is -2.53. The molecule has 1 fully saturated rings. The van der Waals surface area contributed by atoms with Gasteiger partial charge in [-0.1, -0.05) is 37.6 Å². The minimum Gasteiger partial charge on any atom is -0.379 e. The zero-order valence-corrected chi connectivity index (χ0v) is 13.1. The van der Waals surface area contributed by atoms with E-state index in [1.165, 1.54) is 0 Å². The van der Waals surface area contributed by atoms with Crippen LogP contribution in [0.1, 0.15) is 25.3 Å². The number of carbonyl (C=O) groups is 1. The van der Waals surface area contributed by atoms with Crippen molar-refractivity contribution in [1.82, 2.24) is 4.90 Å². The van der Waals surface area contributed by atoms with Crippen LogP contribution in [-0.4, -0.2) is 43.5 Å². The van der Waals surface area contributed by atoms with Crippen LogP contribution in [0.2, 0.25) is 5.02 Å². The molecule has 1 aliphatic heterocycles. The summed E-state index contributed by atoms with van der Waals surface area (Å²) in [7, 11) is 1.73. The number of halogens is 1. The van der Waals surface area contributed by atoms with Crippen molar-refractivity contribution in [3.63, 3.8) is 0 Å². The molecule has 1 heterocycles. The second-order valence-corrected chi connectivity index (χ2v) is 6.17. The molecule has 0 aromatic heterocycles. The number of hydrogen-bond acceptors (Lipinski definition) is 3. The lowest BCUT2D eigenvalue weighted by atomic mass is 9.87. The third kappa shape index (κ3) is 3.60. The fraction of sp³-hybridized carbons (Fsp3) is 0.562. The monoisotopic (exact) mass is 295 g/mol. The number of ether oxygens (including phenoxy) is 1. The van der Waals surface area contributed by atoms with E-state index >= 15 is 0 Å². The highest BCUT2D eigenvalue weighted by atomic mass is 35.5. The molecule has 4 heteroatoms. The number of rotatable bonds is 6. The Morgan fingerprint density at radius 3 is 2.45 bits per heavy atom. The van der Waals surface area contributed by atoms with Crippen LogP contribution in [0.15, 0.2) is 24.3 Å². The number of hydrogen-bond donors (Lipinski definition) is 0. The largest absolute Gasteiger partial charge is 0.379 e. The Kier molecular flexibility index (Phi) is 5.19. The highest BCUT2D eigenvalue weighted by Gasteiger charge is 2.32. The molecule has 110 valence electrons. The van der Waals surface area contributed by atoms with Gasteiger partial charge in [0.25, 0.3) is 0 Å². The summed E-state index contributed by atoms with van der Waals surface area (Å²) < 4.78 is 5.28. The van der Waals surface area contributed by atoms with Gasteiger partial charge in [0.2, 0.25) is 0 Å². The van der Waals surface area contributed by atoms with E-state index in [9.17, 15) is 4.79 Å². The van der Waals surface area contributed by atoms with Crippen molar-refractivity contribution in [3.8, 4) is 0 Å². The Bertz CT molecular complexity index is 452. The van der Waals surface area contributed by atoms with E-state index in [1.54, 1.807) is 7.11 Å². The van der Waals surface area contributed by atoms with Crippen LogP contribution in [-0.2, 0) is 9.53 Å². The first-order valence-corrected chi connectivity index (χ1v) is 7.43. The molecule has 1 aliphatic rings. The summed E-state index contributed by atoms with van der Waals surface area (Å²) in [5.41, 5.74) is 1.05. The van der Waals surface area contributed by atoms with Crippen molar-refractivity contribution in [3.05, 3.63) is 34.9 Å². The third-order valence-electron chi connectivity index (χ3n) is 3.88. The number of likely N-dealkylation sites (tertiary alicyclic amines) is 1. The number of ketones is 1. The number of carbonyl (C=O) groups excluding carboxylic acids is 1. The van der Waals surface area contributed by atoms with Crippen LogP contribution in [0.5, 0.6) is 0 Å². The summed E-state index contributed by atoms with van der Waals surface area (Å²) in [6.07, 6.45) is 0.315. The summed E-state index contributed by atoms with van der Waals surface area (Å²) in [5, 5.41) is 0.702. The van der Waals surface area contributed by atoms with E-state index in [4.69, 9.17) is 16.3 Å². The zero-order chi connectivity index (χ0) is 14.7. The maximum atomic E-state index is 12.5. The average Bonchev–Trinajstić information content (AvgIpc) is 2.38. The first kappa shape index (κ1) is 15.5. The Morgan fingerprint density at radius 2 is 1.95 bits per heavy atom. The normalized spacial score (nSPS) is 18.1. The first-order chi connectivity index (χ1) is 9.51. The van der Waals surface area contributed by atoms with Crippen molar-refractivity contribution in [2.75, 3.05) is 26.7 Å². The van der Waals surface area contributed by atoms with Gasteiger partial charge in [-0.25, -0.2) is 0 Å². The van der Waals surface area contributed by atoms with Gasteiger partial charge in [-0.15, -0.1) is 0 Å². The van der Waals surface area contributed by atoms with Gasteiger partial charge >= 0.3 is 0 Å². The van der Waals surface area contributed by atoms with Crippen LogP contribution in [0.4, 0.5) is 0 Å². The van der Waals surface area contributed by atoms with Gasteiger partial charge in [-0.05, 0) is 17.7 Å². The van der Waals surface area contributed by atoms with E-state index in [0.717, 1.165) is 25.2 Å². The van der Waals surface area contributed by atoms with Crippen molar-refractivity contribution in [1.29, 1.82) is 0 Å². The summed E-state index contributed by atoms with van der Waals surface area (Å²) >= 11 is 5.93. The summed E-state index contributed by atoms with van der Waals surface area (Å²) in [6, 6.07) is 7.62. The Balaban J connectivity index is 2.09. The fourth-order valence-corrected chi connectivity index (χ4v) is 2.66. The molecule has 0 unspecified atom stereocenters. The molecule has 2 rings (SSSR count). The molecule has 1 aromatic carbocycles. The van der Waals surface area contributed by atoms with Gasteiger partial charge < -0.3 is 4.74 Å². The molecule has 1 aromatic rings. The molecule has 1 saturated heterocycles. The molecule has 0 saturated carbocycles. The summed E-state index contributed by atoms with van der Waals surface area (Å²) in [5.74, 6) is 0.244. The molecule has 20 heavy (non-hydrogen) atoms. The van der Waals surface area contributed by atoms with Crippen molar-refractivity contribution in [2.45, 2.75) is 25.9 Å².